The van der Waals surface area contributed by atoms with Crippen molar-refractivity contribution in [1.29, 1.82) is 0 Å². The van der Waals surface area contributed by atoms with Crippen LogP contribution < -0.4 is 0 Å². The maximum Gasteiger partial charge on any atom is 0.303 e. The molecule has 1 aromatic carbocycles. The topological polar surface area (TPSA) is 72.8 Å². The van der Waals surface area contributed by atoms with Gasteiger partial charge in [0.1, 0.15) is 5.71 Å². The Kier molecular flexibility index (Phi) is 4.56. The van der Waals surface area contributed by atoms with Gasteiger partial charge in [0.05, 0.1) is 4.90 Å². The highest BCUT2D eigenvalue weighted by atomic mass is 32.2. The van der Waals surface area contributed by atoms with E-state index >= 15 is 0 Å². The summed E-state index contributed by atoms with van der Waals surface area (Å²) < 4.78 is 34.4. The van der Waals surface area contributed by atoms with Crippen LogP contribution in [-0.4, -0.2) is 25.7 Å². The van der Waals surface area contributed by atoms with Crippen molar-refractivity contribution in [2.45, 2.75) is 38.2 Å². The second kappa shape index (κ2) is 6.12. The summed E-state index contributed by atoms with van der Waals surface area (Å²) in [4.78, 5) is 11.5. The maximum atomic E-state index is 12.5. The molecule has 23 heavy (non-hydrogen) atoms. The lowest BCUT2D eigenvalue weighted by atomic mass is 9.86. The van der Waals surface area contributed by atoms with E-state index < -0.39 is 21.6 Å². The largest absolute Gasteiger partial charge is 0.449 e. The summed E-state index contributed by atoms with van der Waals surface area (Å²) >= 11 is 0. The predicted octanol–water partition coefficient (Wildman–Crippen LogP) is 3.04. The lowest BCUT2D eigenvalue weighted by Crippen LogP contribution is -2.41. The molecule has 1 aliphatic carbocycles. The van der Waals surface area contributed by atoms with Crippen molar-refractivity contribution in [3.8, 4) is 0 Å². The fraction of sp³-hybridized carbons (Fsp3) is 0.294. The molecule has 6 heteroatoms. The Labute approximate surface area is 136 Å². The minimum atomic E-state index is -3.89. The fourth-order valence-electron chi connectivity index (χ4n) is 2.65. The zero-order chi connectivity index (χ0) is 17.3. The molecule has 0 heterocycles. The quantitative estimate of drug-likeness (QED) is 0.797. The van der Waals surface area contributed by atoms with Crippen molar-refractivity contribution in [1.82, 2.24) is 0 Å². The minimum Gasteiger partial charge on any atom is -0.449 e. The summed E-state index contributed by atoms with van der Waals surface area (Å²) in [6.07, 6.45) is 3.51. The Balaban J connectivity index is 2.58. The van der Waals surface area contributed by atoms with Gasteiger partial charge in [0.25, 0.3) is 10.0 Å². The number of benzene rings is 1. The lowest BCUT2D eigenvalue weighted by Gasteiger charge is -2.31. The number of nitrogens with zero attached hydrogens (tertiary/aromatic N) is 1. The van der Waals surface area contributed by atoms with Crippen LogP contribution in [0.3, 0.4) is 0 Å². The zero-order valence-corrected chi connectivity index (χ0v) is 14.3. The number of ether oxygens (including phenoxy) is 1. The summed E-state index contributed by atoms with van der Waals surface area (Å²) in [6, 6.07) is 7.95. The second-order valence-corrected chi connectivity index (χ2v) is 7.25. The van der Waals surface area contributed by atoms with Crippen molar-refractivity contribution in [3.05, 3.63) is 53.6 Å². The van der Waals surface area contributed by atoms with E-state index in [4.69, 9.17) is 4.74 Å². The van der Waals surface area contributed by atoms with E-state index in [0.717, 1.165) is 5.57 Å². The third-order valence-corrected chi connectivity index (χ3v) is 4.69. The summed E-state index contributed by atoms with van der Waals surface area (Å²) in [7, 11) is -3.89. The molecule has 1 unspecified atom stereocenters. The predicted molar refractivity (Wildman–Crippen MR) is 88.7 cm³/mol. The lowest BCUT2D eigenvalue weighted by molar-refractivity contribution is -0.146. The van der Waals surface area contributed by atoms with E-state index in [0.29, 0.717) is 5.57 Å². The first kappa shape index (κ1) is 17.1. The summed E-state index contributed by atoms with van der Waals surface area (Å²) in [5, 5.41) is 0. The Morgan fingerprint density at radius 3 is 2.35 bits per heavy atom. The number of allylic oxidation sites excluding steroid dienone is 2. The van der Waals surface area contributed by atoms with Gasteiger partial charge >= 0.3 is 5.97 Å². The second-order valence-electron chi connectivity index (χ2n) is 5.64. The van der Waals surface area contributed by atoms with Crippen LogP contribution in [0, 0.1) is 0 Å². The molecule has 0 saturated carbocycles. The van der Waals surface area contributed by atoms with Gasteiger partial charge in [0.2, 0.25) is 0 Å². The molecule has 0 aromatic heterocycles. The molecule has 0 spiro atoms. The van der Waals surface area contributed by atoms with Crippen molar-refractivity contribution in [2.75, 3.05) is 0 Å². The van der Waals surface area contributed by atoms with E-state index in [2.05, 4.69) is 4.40 Å². The summed E-state index contributed by atoms with van der Waals surface area (Å²) in [6.45, 7) is 6.52. The number of carbonyl (C=O) groups excluding carboxylic acids is 1. The van der Waals surface area contributed by atoms with Gasteiger partial charge in [-0.15, -0.1) is 0 Å². The molecule has 0 amide bonds. The molecule has 122 valence electrons. The van der Waals surface area contributed by atoms with Gasteiger partial charge in [-0.3, -0.25) is 4.79 Å². The van der Waals surface area contributed by atoms with E-state index in [-0.39, 0.29) is 10.6 Å². The van der Waals surface area contributed by atoms with Gasteiger partial charge in [-0.05, 0) is 44.6 Å². The smallest absolute Gasteiger partial charge is 0.303 e. The number of rotatable bonds is 3. The molecule has 0 N–H and O–H groups in total. The normalized spacial score (nSPS) is 23.2. The Bertz CT molecular complexity index is 819. The third kappa shape index (κ3) is 3.76. The van der Waals surface area contributed by atoms with E-state index in [1.807, 2.05) is 13.0 Å². The van der Waals surface area contributed by atoms with Crippen molar-refractivity contribution in [2.24, 2.45) is 4.40 Å². The van der Waals surface area contributed by atoms with E-state index in [1.54, 1.807) is 38.1 Å². The first-order valence-electron chi connectivity index (χ1n) is 7.12. The van der Waals surface area contributed by atoms with Crippen molar-refractivity contribution in [3.63, 3.8) is 0 Å². The van der Waals surface area contributed by atoms with Crippen LogP contribution in [0.1, 0.15) is 27.7 Å². The molecular weight excluding hydrogens is 314 g/mol. The fourth-order valence-corrected chi connectivity index (χ4v) is 3.82. The van der Waals surface area contributed by atoms with Crippen LogP contribution in [0.25, 0.3) is 0 Å². The zero-order valence-electron chi connectivity index (χ0n) is 13.5. The first-order chi connectivity index (χ1) is 10.6. The Hall–Kier alpha value is -2.21. The molecule has 0 aliphatic heterocycles. The minimum absolute atomic E-state index is 0.0942. The highest BCUT2D eigenvalue weighted by Gasteiger charge is 2.37. The Morgan fingerprint density at radius 2 is 1.78 bits per heavy atom. The van der Waals surface area contributed by atoms with Crippen LogP contribution in [0.15, 0.2) is 62.9 Å². The Morgan fingerprint density at radius 1 is 1.17 bits per heavy atom. The van der Waals surface area contributed by atoms with Crippen molar-refractivity contribution >= 4 is 21.7 Å². The number of sulfonamides is 1. The number of esters is 1. The molecule has 5 nitrogen and oxygen atoms in total. The van der Waals surface area contributed by atoms with E-state index in [1.165, 1.54) is 19.1 Å². The van der Waals surface area contributed by atoms with Crippen molar-refractivity contribution < 1.29 is 17.9 Å². The molecule has 2 rings (SSSR count). The van der Waals surface area contributed by atoms with Crippen LogP contribution in [-0.2, 0) is 19.6 Å². The molecular formula is C17H19NO4S. The molecule has 0 saturated heterocycles. The monoisotopic (exact) mass is 333 g/mol. The number of carbonyl (C=O) groups is 1. The third-order valence-electron chi connectivity index (χ3n) is 3.40. The number of hydrogen-bond acceptors (Lipinski definition) is 4. The van der Waals surface area contributed by atoms with Gasteiger partial charge in [-0.1, -0.05) is 29.8 Å². The number of hydrogen-bond donors (Lipinski definition) is 0. The van der Waals surface area contributed by atoms with Crippen LogP contribution >= 0.6 is 0 Å². The van der Waals surface area contributed by atoms with Gasteiger partial charge in [0, 0.05) is 6.92 Å². The molecule has 1 aromatic rings. The molecule has 0 radical (unpaired) electrons. The molecule has 1 atom stereocenters. The standard InChI is InChI=1S/C17H19NO4S/c1-12-10-13(2)16(17(4,11-12)22-14(3)19)18-23(20,21)15-8-6-5-7-9-15/h5-11H,1-4H3/b18-16+. The first-order valence-corrected chi connectivity index (χ1v) is 8.56. The summed E-state index contributed by atoms with van der Waals surface area (Å²) in [5.41, 5.74) is 0.522. The van der Waals surface area contributed by atoms with Gasteiger partial charge in [-0.25, -0.2) is 0 Å². The highest BCUT2D eigenvalue weighted by Crippen LogP contribution is 2.29. The van der Waals surface area contributed by atoms with E-state index in [9.17, 15) is 13.2 Å². The maximum absolute atomic E-state index is 12.5. The summed E-state index contributed by atoms with van der Waals surface area (Å²) in [5.74, 6) is -0.504. The average molecular weight is 333 g/mol. The molecule has 1 aliphatic rings. The van der Waals surface area contributed by atoms with Gasteiger partial charge < -0.3 is 4.74 Å². The molecule has 0 fully saturated rings. The SMILES string of the molecule is CC(=O)OC1(C)C=C(C)C=C(C)/C1=N\S(=O)(=O)c1ccccc1. The molecule has 0 bridgehead atoms. The van der Waals surface area contributed by atoms with Gasteiger partial charge in [0.15, 0.2) is 5.60 Å². The average Bonchev–Trinajstić information content (AvgIpc) is 2.43. The highest BCUT2D eigenvalue weighted by molar-refractivity contribution is 7.90. The van der Waals surface area contributed by atoms with Crippen LogP contribution in [0.2, 0.25) is 0 Å². The van der Waals surface area contributed by atoms with Crippen LogP contribution in [0.5, 0.6) is 0 Å². The van der Waals surface area contributed by atoms with Crippen LogP contribution in [0.4, 0.5) is 0 Å². The van der Waals surface area contributed by atoms with Gasteiger partial charge in [-0.2, -0.15) is 12.8 Å².